The number of unbranched alkanes of at least 4 members (excludes halogenated alkanes) is 1. The molecule has 0 saturated carbocycles. The van der Waals surface area contributed by atoms with E-state index in [1.165, 1.54) is 35.2 Å². The Kier molecular flexibility index (Phi) is 10.0. The number of carbonyl (C=O) groups is 2. The molecule has 0 aliphatic rings. The number of carbonyl (C=O) groups excluding carboxylic acids is 2. The van der Waals surface area contributed by atoms with Crippen LogP contribution in [0.5, 0.6) is 0 Å². The Balaban J connectivity index is 2.00. The summed E-state index contributed by atoms with van der Waals surface area (Å²) < 4.78 is 42.9. The van der Waals surface area contributed by atoms with Crippen LogP contribution in [0.4, 0.5) is 10.1 Å². The van der Waals surface area contributed by atoms with Crippen LogP contribution >= 0.6 is 0 Å². The van der Waals surface area contributed by atoms with E-state index in [1.54, 1.807) is 25.1 Å². The number of nitrogens with zero attached hydrogens (tertiary/aromatic N) is 2. The summed E-state index contributed by atoms with van der Waals surface area (Å²) in [6.45, 7) is 5.40. The van der Waals surface area contributed by atoms with Gasteiger partial charge in [0.05, 0.1) is 10.6 Å². The van der Waals surface area contributed by atoms with E-state index in [2.05, 4.69) is 5.32 Å². The topological polar surface area (TPSA) is 86.8 Å². The van der Waals surface area contributed by atoms with Gasteiger partial charge in [0, 0.05) is 13.1 Å². The van der Waals surface area contributed by atoms with Crippen LogP contribution < -0.4 is 9.62 Å². The zero-order valence-corrected chi connectivity index (χ0v) is 22.7. The van der Waals surface area contributed by atoms with Crippen molar-refractivity contribution in [1.29, 1.82) is 0 Å². The van der Waals surface area contributed by atoms with Gasteiger partial charge in [0.25, 0.3) is 10.0 Å². The van der Waals surface area contributed by atoms with E-state index in [-0.39, 0.29) is 23.0 Å². The monoisotopic (exact) mass is 539 g/mol. The van der Waals surface area contributed by atoms with Gasteiger partial charge < -0.3 is 10.2 Å². The number of para-hydroxylation sites is 1. The van der Waals surface area contributed by atoms with Crippen LogP contribution in [-0.2, 0) is 26.2 Å². The van der Waals surface area contributed by atoms with Crippen LogP contribution in [0.3, 0.4) is 0 Å². The number of hydrogen-bond donors (Lipinski definition) is 1. The van der Waals surface area contributed by atoms with Gasteiger partial charge in [-0.1, -0.05) is 73.5 Å². The lowest BCUT2D eigenvalue weighted by Gasteiger charge is -2.32. The van der Waals surface area contributed by atoms with Crippen molar-refractivity contribution in [3.63, 3.8) is 0 Å². The fourth-order valence-electron chi connectivity index (χ4n) is 4.01. The maximum atomic E-state index is 14.9. The molecule has 3 aromatic carbocycles. The molecule has 0 saturated heterocycles. The average molecular weight is 540 g/mol. The molecule has 9 heteroatoms. The highest BCUT2D eigenvalue weighted by Gasteiger charge is 2.33. The van der Waals surface area contributed by atoms with E-state index >= 15 is 0 Å². The van der Waals surface area contributed by atoms with Gasteiger partial charge >= 0.3 is 0 Å². The fraction of sp³-hybridized carbons (Fsp3) is 0.310. The van der Waals surface area contributed by atoms with E-state index in [0.29, 0.717) is 6.54 Å². The molecule has 0 bridgehead atoms. The third-order valence-electron chi connectivity index (χ3n) is 6.16. The van der Waals surface area contributed by atoms with Gasteiger partial charge in [0.2, 0.25) is 11.8 Å². The minimum Gasteiger partial charge on any atom is -0.354 e. The van der Waals surface area contributed by atoms with Crippen molar-refractivity contribution in [2.75, 3.05) is 17.4 Å². The standard InChI is InChI=1S/C29H34FN3O4S/c1-4-5-18-31-29(35)23(3)32(20-24-13-11-12-22(2)19-24)28(34)21-33(27-17-10-9-16-26(27)30)38(36,37)25-14-7-6-8-15-25/h6-17,19,23H,4-5,18,20-21H2,1-3H3,(H,31,35). The number of aryl methyl sites for hydroxylation is 1. The van der Waals surface area contributed by atoms with E-state index in [1.807, 2.05) is 38.1 Å². The predicted molar refractivity (Wildman–Crippen MR) is 146 cm³/mol. The highest BCUT2D eigenvalue weighted by molar-refractivity contribution is 7.92. The van der Waals surface area contributed by atoms with Crippen molar-refractivity contribution < 1.29 is 22.4 Å². The molecule has 2 amide bonds. The van der Waals surface area contributed by atoms with Crippen molar-refractivity contribution in [2.24, 2.45) is 0 Å². The van der Waals surface area contributed by atoms with Gasteiger partial charge in [-0.05, 0) is 50.1 Å². The Labute approximate surface area is 224 Å². The smallest absolute Gasteiger partial charge is 0.264 e. The second-order valence-corrected chi connectivity index (χ2v) is 11.0. The number of sulfonamides is 1. The molecule has 38 heavy (non-hydrogen) atoms. The molecule has 0 heterocycles. The molecule has 1 atom stereocenters. The minimum absolute atomic E-state index is 0.0772. The number of halogens is 1. The van der Waals surface area contributed by atoms with Gasteiger partial charge in [-0.3, -0.25) is 13.9 Å². The lowest BCUT2D eigenvalue weighted by molar-refractivity contribution is -0.139. The van der Waals surface area contributed by atoms with Crippen LogP contribution in [-0.4, -0.2) is 44.3 Å². The summed E-state index contributed by atoms with van der Waals surface area (Å²) in [5.74, 6) is -1.76. The quantitative estimate of drug-likeness (QED) is 0.339. The molecule has 3 aromatic rings. The largest absolute Gasteiger partial charge is 0.354 e. The van der Waals surface area contributed by atoms with Crippen molar-refractivity contribution in [3.8, 4) is 0 Å². The van der Waals surface area contributed by atoms with E-state index in [9.17, 15) is 22.4 Å². The molecular formula is C29H34FN3O4S. The third-order valence-corrected chi connectivity index (χ3v) is 7.94. The molecule has 0 spiro atoms. The Morgan fingerprint density at radius 1 is 0.974 bits per heavy atom. The van der Waals surface area contributed by atoms with Gasteiger partial charge in [-0.2, -0.15) is 0 Å². The van der Waals surface area contributed by atoms with Crippen LogP contribution in [0, 0.1) is 12.7 Å². The molecule has 0 aromatic heterocycles. The fourth-order valence-corrected chi connectivity index (χ4v) is 5.46. The van der Waals surface area contributed by atoms with Crippen LogP contribution in [0.2, 0.25) is 0 Å². The molecule has 0 radical (unpaired) electrons. The summed E-state index contributed by atoms with van der Waals surface area (Å²) in [6, 6.07) is 19.6. The Morgan fingerprint density at radius 3 is 2.32 bits per heavy atom. The summed E-state index contributed by atoms with van der Waals surface area (Å²) >= 11 is 0. The second-order valence-electron chi connectivity index (χ2n) is 9.11. The zero-order chi connectivity index (χ0) is 27.7. The van der Waals surface area contributed by atoms with Crippen molar-refractivity contribution in [1.82, 2.24) is 10.2 Å². The lowest BCUT2D eigenvalue weighted by atomic mass is 10.1. The first-order valence-corrected chi connectivity index (χ1v) is 14.0. The first-order valence-electron chi connectivity index (χ1n) is 12.6. The molecule has 0 fully saturated rings. The number of rotatable bonds is 12. The van der Waals surface area contributed by atoms with Gasteiger partial charge in [0.15, 0.2) is 0 Å². The van der Waals surface area contributed by atoms with Gasteiger partial charge in [-0.15, -0.1) is 0 Å². The number of nitrogens with one attached hydrogen (secondary N) is 1. The van der Waals surface area contributed by atoms with Crippen LogP contribution in [0.25, 0.3) is 0 Å². The maximum Gasteiger partial charge on any atom is 0.264 e. The SMILES string of the molecule is CCCCNC(=O)C(C)N(Cc1cccc(C)c1)C(=O)CN(c1ccccc1F)S(=O)(=O)c1ccccc1. The lowest BCUT2D eigenvalue weighted by Crippen LogP contribution is -2.51. The zero-order valence-electron chi connectivity index (χ0n) is 21.9. The number of amides is 2. The van der Waals surface area contributed by atoms with Crippen molar-refractivity contribution >= 4 is 27.5 Å². The number of anilines is 1. The second kappa shape index (κ2) is 13.2. The van der Waals surface area contributed by atoms with Crippen LogP contribution in [0.15, 0.2) is 83.8 Å². The molecule has 202 valence electrons. The summed E-state index contributed by atoms with van der Waals surface area (Å²) in [6.07, 6.45) is 1.69. The predicted octanol–water partition coefficient (Wildman–Crippen LogP) is 4.66. The molecule has 7 nitrogen and oxygen atoms in total. The minimum atomic E-state index is -4.30. The molecular weight excluding hydrogens is 505 g/mol. The van der Waals surface area contributed by atoms with E-state index in [0.717, 1.165) is 34.3 Å². The number of hydrogen-bond acceptors (Lipinski definition) is 4. The molecule has 0 aliphatic heterocycles. The van der Waals surface area contributed by atoms with Gasteiger partial charge in [-0.25, -0.2) is 12.8 Å². The molecule has 1 N–H and O–H groups in total. The number of benzene rings is 3. The molecule has 3 rings (SSSR count). The molecule has 1 unspecified atom stereocenters. The van der Waals surface area contributed by atoms with Crippen LogP contribution in [0.1, 0.15) is 37.8 Å². The Morgan fingerprint density at radius 2 is 1.66 bits per heavy atom. The van der Waals surface area contributed by atoms with Crippen molar-refractivity contribution in [3.05, 3.63) is 95.8 Å². The first kappa shape index (κ1) is 28.8. The summed E-state index contributed by atoms with van der Waals surface area (Å²) in [7, 11) is -4.30. The third kappa shape index (κ3) is 7.19. The maximum absolute atomic E-state index is 14.9. The Bertz CT molecular complexity index is 1350. The summed E-state index contributed by atoms with van der Waals surface area (Å²) in [5.41, 5.74) is 1.52. The highest BCUT2D eigenvalue weighted by atomic mass is 32.2. The van der Waals surface area contributed by atoms with E-state index < -0.39 is 34.3 Å². The summed E-state index contributed by atoms with van der Waals surface area (Å²) in [4.78, 5) is 28.0. The van der Waals surface area contributed by atoms with Gasteiger partial charge in [0.1, 0.15) is 18.4 Å². The Hall–Kier alpha value is -3.72. The average Bonchev–Trinajstić information content (AvgIpc) is 2.91. The van der Waals surface area contributed by atoms with E-state index in [4.69, 9.17) is 0 Å². The first-order chi connectivity index (χ1) is 18.1. The summed E-state index contributed by atoms with van der Waals surface area (Å²) in [5, 5.41) is 2.84. The highest BCUT2D eigenvalue weighted by Crippen LogP contribution is 2.27. The van der Waals surface area contributed by atoms with Crippen molar-refractivity contribution in [2.45, 2.75) is 51.1 Å². The molecule has 0 aliphatic carbocycles. The normalized spacial score (nSPS) is 12.0.